The first-order valence-electron chi connectivity index (χ1n) is 6.89. The van der Waals surface area contributed by atoms with E-state index >= 15 is 0 Å². The van der Waals surface area contributed by atoms with E-state index in [4.69, 9.17) is 0 Å². The van der Waals surface area contributed by atoms with Crippen molar-refractivity contribution in [1.82, 2.24) is 45.0 Å². The Balaban J connectivity index is 2.07. The molecule has 4 aromatic rings. The monoisotopic (exact) mass is 347 g/mol. The van der Waals surface area contributed by atoms with Gasteiger partial charge in [-0.2, -0.15) is 23.4 Å². The molecule has 25 heavy (non-hydrogen) atoms. The summed E-state index contributed by atoms with van der Waals surface area (Å²) in [7, 11) is 0. The third-order valence-electron chi connectivity index (χ3n) is 3.36. The fourth-order valence-corrected chi connectivity index (χ4v) is 2.35. The number of alkyl halides is 3. The van der Waals surface area contributed by atoms with Crippen LogP contribution in [0.2, 0.25) is 0 Å². The quantitative estimate of drug-likeness (QED) is 0.557. The van der Waals surface area contributed by atoms with Crippen LogP contribution in [0.15, 0.2) is 49.3 Å². The Bertz CT molecular complexity index is 973. The van der Waals surface area contributed by atoms with E-state index in [1.807, 2.05) is 0 Å². The molecule has 0 saturated carbocycles. The van der Waals surface area contributed by atoms with Gasteiger partial charge in [0.15, 0.2) is 0 Å². The second kappa shape index (κ2) is 5.51. The van der Waals surface area contributed by atoms with Crippen LogP contribution >= 0.6 is 0 Å². The molecule has 0 aliphatic heterocycles. The Morgan fingerprint density at radius 2 is 1.44 bits per heavy atom. The van der Waals surface area contributed by atoms with Crippen LogP contribution in [-0.2, 0) is 6.18 Å². The molecular weight excluding hydrogens is 339 g/mol. The molecule has 3 aromatic heterocycles. The zero-order chi connectivity index (χ0) is 17.4. The van der Waals surface area contributed by atoms with Gasteiger partial charge in [0, 0.05) is 0 Å². The maximum absolute atomic E-state index is 13.7. The lowest BCUT2D eigenvalue weighted by Gasteiger charge is -2.17. The molecule has 0 saturated heterocycles. The number of hydrogen-bond donors (Lipinski definition) is 0. The highest BCUT2D eigenvalue weighted by molar-refractivity contribution is 5.62. The average Bonchev–Trinajstić information content (AvgIpc) is 3.36. The number of benzene rings is 1. The summed E-state index contributed by atoms with van der Waals surface area (Å²) in [6, 6.07) is 2.42. The van der Waals surface area contributed by atoms with Crippen LogP contribution in [0.3, 0.4) is 0 Å². The fourth-order valence-electron chi connectivity index (χ4n) is 2.35. The first-order chi connectivity index (χ1) is 12.0. The molecule has 3 heterocycles. The molecule has 4 rings (SSSR count). The van der Waals surface area contributed by atoms with E-state index in [-0.39, 0.29) is 17.1 Å². The number of hydrogen-bond acceptors (Lipinski definition) is 6. The molecule has 0 amide bonds. The van der Waals surface area contributed by atoms with E-state index in [0.717, 1.165) is 10.9 Å². The minimum absolute atomic E-state index is 0.0917. The highest BCUT2D eigenvalue weighted by atomic mass is 19.4. The van der Waals surface area contributed by atoms with Crippen LogP contribution in [0.25, 0.3) is 17.1 Å². The van der Waals surface area contributed by atoms with Gasteiger partial charge in [-0.05, 0) is 12.1 Å². The molecule has 0 unspecified atom stereocenters. The smallest absolute Gasteiger partial charge is 0.221 e. The van der Waals surface area contributed by atoms with E-state index in [2.05, 4.69) is 30.8 Å². The summed E-state index contributed by atoms with van der Waals surface area (Å²) >= 11 is 0. The van der Waals surface area contributed by atoms with Crippen LogP contribution in [0, 0.1) is 0 Å². The number of halogens is 3. The van der Waals surface area contributed by atoms with Crippen molar-refractivity contribution in [3.8, 4) is 17.1 Å². The van der Waals surface area contributed by atoms with E-state index in [0.29, 0.717) is 0 Å². The van der Waals surface area contributed by atoms with Crippen LogP contribution in [0.1, 0.15) is 5.56 Å². The van der Waals surface area contributed by atoms with Crippen molar-refractivity contribution in [2.45, 2.75) is 6.18 Å². The highest BCUT2D eigenvalue weighted by Crippen LogP contribution is 2.37. The average molecular weight is 347 g/mol. The molecule has 9 nitrogen and oxygen atoms in total. The Kier molecular flexibility index (Phi) is 3.30. The minimum Gasteiger partial charge on any atom is -0.221 e. The summed E-state index contributed by atoms with van der Waals surface area (Å²) in [5.74, 6) is 0. The Labute approximate surface area is 137 Å². The maximum Gasteiger partial charge on any atom is 0.418 e. The maximum atomic E-state index is 13.7. The summed E-state index contributed by atoms with van der Waals surface area (Å²) in [6.07, 6.45) is 3.50. The topological polar surface area (TPSA) is 92.1 Å². The lowest BCUT2D eigenvalue weighted by molar-refractivity contribution is -0.137. The lowest BCUT2D eigenvalue weighted by atomic mass is 10.1. The van der Waals surface area contributed by atoms with E-state index in [1.165, 1.54) is 52.6 Å². The molecule has 0 spiro atoms. The number of rotatable bonds is 3. The normalized spacial score (nSPS) is 11.8. The van der Waals surface area contributed by atoms with Gasteiger partial charge in [0.05, 0.1) is 54.1 Å². The van der Waals surface area contributed by atoms with Gasteiger partial charge in [-0.25, -0.2) is 9.36 Å². The Morgan fingerprint density at radius 1 is 0.800 bits per heavy atom. The molecule has 126 valence electrons. The molecule has 0 radical (unpaired) electrons. The number of aromatic nitrogens is 9. The second-order valence-corrected chi connectivity index (χ2v) is 4.87. The van der Waals surface area contributed by atoms with Crippen molar-refractivity contribution >= 4 is 0 Å². The van der Waals surface area contributed by atoms with E-state index < -0.39 is 11.7 Å². The van der Waals surface area contributed by atoms with Gasteiger partial charge in [0.25, 0.3) is 0 Å². The van der Waals surface area contributed by atoms with Crippen molar-refractivity contribution in [3.05, 3.63) is 54.9 Å². The predicted octanol–water partition coefficient (Wildman–Crippen LogP) is 1.45. The van der Waals surface area contributed by atoms with Crippen molar-refractivity contribution in [3.63, 3.8) is 0 Å². The highest BCUT2D eigenvalue weighted by Gasteiger charge is 2.37. The van der Waals surface area contributed by atoms with Gasteiger partial charge in [-0.3, -0.25) is 0 Å². The summed E-state index contributed by atoms with van der Waals surface area (Å²) < 4.78 is 43.6. The molecular formula is C13H8F3N9. The van der Waals surface area contributed by atoms with Gasteiger partial charge in [0.2, 0.25) is 0 Å². The summed E-state index contributed by atoms with van der Waals surface area (Å²) in [5.41, 5.74) is -0.964. The predicted molar refractivity (Wildman–Crippen MR) is 76.2 cm³/mol. The van der Waals surface area contributed by atoms with Crippen molar-refractivity contribution < 1.29 is 13.2 Å². The van der Waals surface area contributed by atoms with Crippen LogP contribution in [0.5, 0.6) is 0 Å². The molecule has 0 N–H and O–H groups in total. The molecule has 0 fully saturated rings. The SMILES string of the molecule is FC(F)(F)c1cc(-n2ccnn2)cc(-n2ccnn2)c1-n1nccn1. The lowest BCUT2D eigenvalue weighted by Crippen LogP contribution is -2.17. The summed E-state index contributed by atoms with van der Waals surface area (Å²) in [5, 5.41) is 22.5. The van der Waals surface area contributed by atoms with Gasteiger partial charge in [-0.15, -0.1) is 15.0 Å². The standard InChI is InChI=1S/C13H8F3N9/c14-13(15,16)10-7-9(23-5-3-17-21-23)8-11(24-6-4-18-22-24)12(10)25-19-1-2-20-25/h1-8H. The van der Waals surface area contributed by atoms with Crippen LogP contribution < -0.4 is 0 Å². The summed E-state index contributed by atoms with van der Waals surface area (Å²) in [6.45, 7) is 0. The molecule has 0 aliphatic carbocycles. The third-order valence-corrected chi connectivity index (χ3v) is 3.36. The first-order valence-corrected chi connectivity index (χ1v) is 6.89. The van der Waals surface area contributed by atoms with Crippen molar-refractivity contribution in [2.75, 3.05) is 0 Å². The molecule has 0 bridgehead atoms. The largest absolute Gasteiger partial charge is 0.418 e. The van der Waals surface area contributed by atoms with Crippen molar-refractivity contribution in [2.24, 2.45) is 0 Å². The molecule has 1 aromatic carbocycles. The van der Waals surface area contributed by atoms with Gasteiger partial charge >= 0.3 is 6.18 Å². The summed E-state index contributed by atoms with van der Waals surface area (Å²) in [4.78, 5) is 0.894. The molecule has 12 heteroatoms. The van der Waals surface area contributed by atoms with Gasteiger partial charge in [-0.1, -0.05) is 10.4 Å². The van der Waals surface area contributed by atoms with Gasteiger partial charge in [0.1, 0.15) is 5.69 Å². The Hall–Kier alpha value is -3.57. The van der Waals surface area contributed by atoms with Crippen molar-refractivity contribution in [1.29, 1.82) is 0 Å². The number of nitrogens with zero attached hydrogens (tertiary/aromatic N) is 9. The molecule has 0 atom stereocenters. The first kappa shape index (κ1) is 15.0. The third kappa shape index (κ3) is 2.62. The zero-order valence-electron chi connectivity index (χ0n) is 12.3. The minimum atomic E-state index is -4.66. The molecule has 0 aliphatic rings. The second-order valence-electron chi connectivity index (χ2n) is 4.87. The fraction of sp³-hybridized carbons (Fsp3) is 0.0769. The van der Waals surface area contributed by atoms with Gasteiger partial charge < -0.3 is 0 Å². The van der Waals surface area contributed by atoms with Crippen LogP contribution in [-0.4, -0.2) is 45.0 Å². The Morgan fingerprint density at radius 3 is 2.00 bits per heavy atom. The van der Waals surface area contributed by atoms with E-state index in [1.54, 1.807) is 0 Å². The van der Waals surface area contributed by atoms with E-state index in [9.17, 15) is 13.2 Å². The zero-order valence-corrected chi connectivity index (χ0v) is 12.3. The van der Waals surface area contributed by atoms with Crippen LogP contribution in [0.4, 0.5) is 13.2 Å².